The lowest BCUT2D eigenvalue weighted by Crippen LogP contribution is -2.10. The van der Waals surface area contributed by atoms with Gasteiger partial charge < -0.3 is 9.32 Å². The summed E-state index contributed by atoms with van der Waals surface area (Å²) in [4.78, 5) is 2.40. The highest BCUT2D eigenvalue weighted by atomic mass is 32.1. The first kappa shape index (κ1) is 35.2. The van der Waals surface area contributed by atoms with Crippen molar-refractivity contribution in [2.75, 3.05) is 4.90 Å². The standard InChI is InChI=1S/C58H37NOS/c1-2-23-48-38(13-1)14-11-26-49(48)44-19-10-22-47(36-44)59(46-21-9-17-41(35-46)42-31-32-56-54(37-42)51-24-3-5-29-55(51)60-56)45-20-8-16-40(34-45)39-15-7-18-43(33-39)50-27-12-28-53-52-25-4-6-30-57(52)61-58(50)53/h1-37H. The Balaban J connectivity index is 0.994. The average molecular weight is 796 g/mol. The number of nitrogens with zero attached hydrogens (tertiary/aromatic N) is 1. The molecule has 2 aromatic heterocycles. The molecule has 12 rings (SSSR count). The van der Waals surface area contributed by atoms with E-state index in [9.17, 15) is 0 Å². The van der Waals surface area contributed by atoms with Crippen LogP contribution >= 0.6 is 11.3 Å². The summed E-state index contributed by atoms with van der Waals surface area (Å²) in [6.07, 6.45) is 0. The van der Waals surface area contributed by atoms with Gasteiger partial charge in [0.1, 0.15) is 11.2 Å². The van der Waals surface area contributed by atoms with Crippen LogP contribution in [0.4, 0.5) is 17.1 Å². The Morgan fingerprint density at radius 2 is 0.820 bits per heavy atom. The smallest absolute Gasteiger partial charge is 0.135 e. The third-order valence-electron chi connectivity index (χ3n) is 12.0. The summed E-state index contributed by atoms with van der Waals surface area (Å²) >= 11 is 1.88. The summed E-state index contributed by atoms with van der Waals surface area (Å²) in [5, 5.41) is 7.35. The van der Waals surface area contributed by atoms with Crippen LogP contribution < -0.4 is 4.90 Å². The number of para-hydroxylation sites is 1. The van der Waals surface area contributed by atoms with Gasteiger partial charge in [-0.25, -0.2) is 0 Å². The second-order valence-corrected chi connectivity index (χ2v) is 16.7. The molecule has 2 nitrogen and oxygen atoms in total. The van der Waals surface area contributed by atoms with Gasteiger partial charge in [-0.15, -0.1) is 11.3 Å². The number of rotatable bonds is 7. The molecule has 3 heteroatoms. The van der Waals surface area contributed by atoms with Gasteiger partial charge in [0.05, 0.1) is 0 Å². The van der Waals surface area contributed by atoms with E-state index in [1.54, 1.807) is 0 Å². The molecule has 0 unspecified atom stereocenters. The van der Waals surface area contributed by atoms with Crippen LogP contribution in [0.5, 0.6) is 0 Å². The van der Waals surface area contributed by atoms with E-state index >= 15 is 0 Å². The summed E-state index contributed by atoms with van der Waals surface area (Å²) in [6.45, 7) is 0. The fourth-order valence-corrected chi connectivity index (χ4v) is 10.4. The van der Waals surface area contributed by atoms with Crippen LogP contribution in [-0.4, -0.2) is 0 Å². The fraction of sp³-hybridized carbons (Fsp3) is 0. The maximum atomic E-state index is 6.20. The van der Waals surface area contributed by atoms with E-state index in [2.05, 4.69) is 217 Å². The Kier molecular flexibility index (Phi) is 8.39. The van der Waals surface area contributed by atoms with E-state index in [1.807, 2.05) is 23.5 Å². The van der Waals surface area contributed by atoms with Crippen molar-refractivity contribution < 1.29 is 4.42 Å². The molecule has 61 heavy (non-hydrogen) atoms. The number of anilines is 3. The monoisotopic (exact) mass is 795 g/mol. The first-order chi connectivity index (χ1) is 30.2. The van der Waals surface area contributed by atoms with Crippen molar-refractivity contribution in [3.63, 3.8) is 0 Å². The zero-order chi connectivity index (χ0) is 40.3. The molecule has 0 amide bonds. The van der Waals surface area contributed by atoms with Gasteiger partial charge in [0.25, 0.3) is 0 Å². The highest BCUT2D eigenvalue weighted by molar-refractivity contribution is 7.26. The predicted molar refractivity (Wildman–Crippen MR) is 261 cm³/mol. The van der Waals surface area contributed by atoms with Crippen LogP contribution in [0, 0.1) is 0 Å². The number of hydrogen-bond acceptors (Lipinski definition) is 3. The van der Waals surface area contributed by atoms with E-state index in [4.69, 9.17) is 4.42 Å². The third-order valence-corrected chi connectivity index (χ3v) is 13.3. The molecule has 0 saturated heterocycles. The lowest BCUT2D eigenvalue weighted by atomic mass is 9.96. The highest BCUT2D eigenvalue weighted by Crippen LogP contribution is 2.43. The minimum Gasteiger partial charge on any atom is -0.456 e. The Morgan fingerprint density at radius 3 is 1.61 bits per heavy atom. The maximum absolute atomic E-state index is 6.20. The van der Waals surface area contributed by atoms with Crippen LogP contribution in [0.15, 0.2) is 229 Å². The quantitative estimate of drug-likeness (QED) is 0.160. The number of thiophene rings is 1. The minimum absolute atomic E-state index is 0.898. The number of benzene rings is 10. The normalized spacial score (nSPS) is 11.6. The number of furan rings is 1. The number of hydrogen-bond donors (Lipinski definition) is 0. The second kappa shape index (κ2) is 14.5. The molecule has 10 aromatic carbocycles. The van der Waals surface area contributed by atoms with Crippen LogP contribution in [0.25, 0.3) is 97.4 Å². The molecule has 0 atom stereocenters. The molecule has 0 saturated carbocycles. The van der Waals surface area contributed by atoms with E-state index in [-0.39, 0.29) is 0 Å². The zero-order valence-electron chi connectivity index (χ0n) is 33.1. The van der Waals surface area contributed by atoms with Crippen molar-refractivity contribution in [2.24, 2.45) is 0 Å². The fourth-order valence-electron chi connectivity index (χ4n) is 9.13. The summed E-state index contributed by atoms with van der Waals surface area (Å²) < 4.78 is 8.84. The van der Waals surface area contributed by atoms with Crippen molar-refractivity contribution >= 4 is 81.3 Å². The average Bonchev–Trinajstić information content (AvgIpc) is 3.90. The molecular formula is C58H37NOS. The zero-order valence-corrected chi connectivity index (χ0v) is 33.9. The van der Waals surface area contributed by atoms with Gasteiger partial charge in [0.2, 0.25) is 0 Å². The molecular weight excluding hydrogens is 759 g/mol. The molecule has 286 valence electrons. The summed E-state index contributed by atoms with van der Waals surface area (Å²) in [5.74, 6) is 0. The summed E-state index contributed by atoms with van der Waals surface area (Å²) in [7, 11) is 0. The Morgan fingerprint density at radius 1 is 0.311 bits per heavy atom. The van der Waals surface area contributed by atoms with Crippen LogP contribution in [-0.2, 0) is 0 Å². The van der Waals surface area contributed by atoms with E-state index in [0.717, 1.165) is 55.7 Å². The predicted octanol–water partition coefficient (Wildman–Crippen LogP) is 17.2. The SMILES string of the molecule is c1cc(-c2cccc(N(c3cccc(-c4ccc5oc6ccccc6c5c4)c3)c3cccc(-c4cccc5ccccc45)c3)c2)cc(-c2cccc3c2sc2ccccc23)c1. The Bertz CT molecular complexity index is 3620. The first-order valence-corrected chi connectivity index (χ1v) is 21.5. The van der Waals surface area contributed by atoms with Gasteiger partial charge in [0.15, 0.2) is 0 Å². The van der Waals surface area contributed by atoms with Gasteiger partial charge in [0, 0.05) is 48.0 Å². The van der Waals surface area contributed by atoms with E-state index < -0.39 is 0 Å². The third kappa shape index (κ3) is 6.18. The molecule has 2 heterocycles. The Labute approximate surface area is 357 Å². The minimum atomic E-state index is 0.898. The second-order valence-electron chi connectivity index (χ2n) is 15.7. The topological polar surface area (TPSA) is 16.4 Å². The molecule has 0 aliphatic carbocycles. The molecule has 12 aromatic rings. The molecule has 0 aliphatic heterocycles. The molecule has 0 spiro atoms. The van der Waals surface area contributed by atoms with Gasteiger partial charge >= 0.3 is 0 Å². The maximum Gasteiger partial charge on any atom is 0.135 e. The van der Waals surface area contributed by atoms with Gasteiger partial charge in [-0.1, -0.05) is 158 Å². The van der Waals surface area contributed by atoms with Crippen molar-refractivity contribution in [3.05, 3.63) is 224 Å². The van der Waals surface area contributed by atoms with Crippen LogP contribution in [0.1, 0.15) is 0 Å². The molecule has 0 aliphatic rings. The lowest BCUT2D eigenvalue weighted by Gasteiger charge is -2.27. The highest BCUT2D eigenvalue weighted by Gasteiger charge is 2.18. The number of fused-ring (bicyclic) bond motifs is 7. The van der Waals surface area contributed by atoms with E-state index in [0.29, 0.717) is 0 Å². The Hall–Kier alpha value is -7.72. The lowest BCUT2D eigenvalue weighted by molar-refractivity contribution is 0.669. The molecule has 0 N–H and O–H groups in total. The van der Waals surface area contributed by atoms with Crippen molar-refractivity contribution in [3.8, 4) is 44.5 Å². The molecule has 0 bridgehead atoms. The van der Waals surface area contributed by atoms with Crippen LogP contribution in [0.2, 0.25) is 0 Å². The largest absolute Gasteiger partial charge is 0.456 e. The van der Waals surface area contributed by atoms with Crippen LogP contribution in [0.3, 0.4) is 0 Å². The van der Waals surface area contributed by atoms with Crippen molar-refractivity contribution in [1.82, 2.24) is 0 Å². The van der Waals surface area contributed by atoms with Crippen molar-refractivity contribution in [2.45, 2.75) is 0 Å². The van der Waals surface area contributed by atoms with Crippen molar-refractivity contribution in [1.29, 1.82) is 0 Å². The van der Waals surface area contributed by atoms with Gasteiger partial charge in [-0.2, -0.15) is 0 Å². The molecule has 0 radical (unpaired) electrons. The van der Waals surface area contributed by atoms with Gasteiger partial charge in [-0.3, -0.25) is 0 Å². The van der Waals surface area contributed by atoms with Gasteiger partial charge in [-0.05, 0) is 122 Å². The summed E-state index contributed by atoms with van der Waals surface area (Å²) in [5.41, 5.74) is 14.5. The van der Waals surface area contributed by atoms with E-state index in [1.165, 1.54) is 58.8 Å². The molecule has 0 fully saturated rings. The summed E-state index contributed by atoms with van der Waals surface area (Å²) in [6, 6.07) is 81.3. The first-order valence-electron chi connectivity index (χ1n) is 20.7.